The summed E-state index contributed by atoms with van der Waals surface area (Å²) >= 11 is 1.74. The van der Waals surface area contributed by atoms with Crippen LogP contribution in [-0.4, -0.2) is 43.2 Å². The molecule has 70 valence electrons. The molecule has 0 spiro atoms. The number of ether oxygens (including phenoxy) is 1. The Bertz CT molecular complexity index is 161. The number of likely N-dealkylation sites (N-methyl/N-ethyl adjacent to an activating group) is 1. The molecule has 1 atom stereocenters. The molecule has 1 rings (SSSR count). The number of amides is 1. The van der Waals surface area contributed by atoms with Crippen molar-refractivity contribution in [1.82, 2.24) is 5.32 Å². The van der Waals surface area contributed by atoms with Crippen molar-refractivity contribution in [3.63, 3.8) is 0 Å². The molecule has 1 aliphatic heterocycles. The van der Waals surface area contributed by atoms with Gasteiger partial charge in [0.05, 0.1) is 24.5 Å². The highest BCUT2D eigenvalue weighted by Gasteiger charge is 2.21. The molecule has 1 saturated heterocycles. The van der Waals surface area contributed by atoms with E-state index in [9.17, 15) is 4.79 Å². The summed E-state index contributed by atoms with van der Waals surface area (Å²) in [5.74, 6) is 0.449. The Morgan fingerprint density at radius 3 is 2.83 bits per heavy atom. The summed E-state index contributed by atoms with van der Waals surface area (Å²) in [5.41, 5.74) is 5.15. The van der Waals surface area contributed by atoms with E-state index in [2.05, 4.69) is 5.32 Å². The van der Waals surface area contributed by atoms with Gasteiger partial charge in [-0.25, -0.2) is 0 Å². The minimum absolute atomic E-state index is 0.212. The predicted molar refractivity (Wildman–Crippen MR) is 49.1 cm³/mol. The zero-order chi connectivity index (χ0) is 8.97. The maximum Gasteiger partial charge on any atom is 0.235 e. The van der Waals surface area contributed by atoms with Gasteiger partial charge in [-0.3, -0.25) is 4.79 Å². The highest BCUT2D eigenvalue weighted by atomic mass is 32.2. The number of primary amides is 1. The van der Waals surface area contributed by atoms with E-state index in [1.54, 1.807) is 18.8 Å². The summed E-state index contributed by atoms with van der Waals surface area (Å²) in [5, 5.41) is 3.42. The maximum atomic E-state index is 10.8. The molecule has 0 aromatic carbocycles. The lowest BCUT2D eigenvalue weighted by atomic mass is 10.3. The van der Waals surface area contributed by atoms with Crippen LogP contribution in [0.15, 0.2) is 0 Å². The average Bonchev–Trinajstić information content (AvgIpc) is 1.93. The van der Waals surface area contributed by atoms with Crippen molar-refractivity contribution in [3.8, 4) is 0 Å². The minimum atomic E-state index is -0.287. The van der Waals surface area contributed by atoms with E-state index in [4.69, 9.17) is 10.5 Å². The van der Waals surface area contributed by atoms with Crippen molar-refractivity contribution in [1.29, 1.82) is 0 Å². The highest BCUT2D eigenvalue weighted by Crippen LogP contribution is 2.19. The molecule has 0 saturated carbocycles. The van der Waals surface area contributed by atoms with E-state index >= 15 is 0 Å². The number of hydrogen-bond acceptors (Lipinski definition) is 4. The Kier molecular flexibility index (Phi) is 3.84. The van der Waals surface area contributed by atoms with Crippen molar-refractivity contribution in [3.05, 3.63) is 0 Å². The first-order chi connectivity index (χ1) is 5.74. The zero-order valence-electron chi connectivity index (χ0n) is 7.08. The molecule has 0 aromatic heterocycles. The number of nitrogens with two attached hydrogens (primary N) is 1. The molecule has 1 unspecified atom stereocenters. The third-order valence-corrected chi connectivity index (χ3v) is 3.07. The van der Waals surface area contributed by atoms with Crippen LogP contribution in [0.5, 0.6) is 0 Å². The average molecular weight is 190 g/mol. The van der Waals surface area contributed by atoms with E-state index in [1.165, 1.54) is 0 Å². The number of carbonyl (C=O) groups excluding carboxylic acids is 1. The van der Waals surface area contributed by atoms with Crippen LogP contribution >= 0.6 is 11.8 Å². The molecule has 0 radical (unpaired) electrons. The number of nitrogens with one attached hydrogen (secondary N) is 1. The second-order valence-corrected chi connectivity index (χ2v) is 4.07. The van der Waals surface area contributed by atoms with Gasteiger partial charge in [-0.05, 0) is 7.05 Å². The molecule has 1 aliphatic rings. The zero-order valence-corrected chi connectivity index (χ0v) is 7.89. The first-order valence-corrected chi connectivity index (χ1v) is 4.95. The summed E-state index contributed by atoms with van der Waals surface area (Å²) in [7, 11) is 1.74. The van der Waals surface area contributed by atoms with Gasteiger partial charge in [-0.2, -0.15) is 11.8 Å². The topological polar surface area (TPSA) is 64.3 Å². The van der Waals surface area contributed by atoms with Crippen LogP contribution < -0.4 is 11.1 Å². The lowest BCUT2D eigenvalue weighted by molar-refractivity contribution is -0.119. The largest absolute Gasteiger partial charge is 0.379 e. The Morgan fingerprint density at radius 1 is 1.83 bits per heavy atom. The Labute approximate surface area is 76.2 Å². The van der Waals surface area contributed by atoms with Crippen LogP contribution in [0.4, 0.5) is 0 Å². The molecule has 5 heteroatoms. The molecule has 1 amide bonds. The second-order valence-electron chi connectivity index (χ2n) is 2.74. The van der Waals surface area contributed by atoms with Crippen molar-refractivity contribution >= 4 is 17.7 Å². The van der Waals surface area contributed by atoms with E-state index in [0.717, 1.165) is 19.0 Å². The van der Waals surface area contributed by atoms with Crippen LogP contribution in [0.3, 0.4) is 0 Å². The summed E-state index contributed by atoms with van der Waals surface area (Å²) in [6.45, 7) is 1.61. The highest BCUT2D eigenvalue weighted by molar-refractivity contribution is 8.00. The van der Waals surface area contributed by atoms with E-state index in [-0.39, 0.29) is 11.9 Å². The molecule has 0 aromatic rings. The van der Waals surface area contributed by atoms with E-state index < -0.39 is 0 Å². The van der Waals surface area contributed by atoms with Gasteiger partial charge >= 0.3 is 0 Å². The van der Waals surface area contributed by atoms with Gasteiger partial charge in [-0.1, -0.05) is 0 Å². The Morgan fingerprint density at radius 2 is 2.50 bits per heavy atom. The SMILES string of the molecule is CNC(CSC1COC1)C(N)=O. The summed E-state index contributed by atoms with van der Waals surface area (Å²) in [4.78, 5) is 10.8. The predicted octanol–water partition coefficient (Wildman–Crippen LogP) is -0.808. The lowest BCUT2D eigenvalue weighted by Crippen LogP contribution is -2.42. The molecule has 4 nitrogen and oxygen atoms in total. The summed E-state index contributed by atoms with van der Waals surface area (Å²) in [6.07, 6.45) is 0. The number of thioether (sulfide) groups is 1. The fraction of sp³-hybridized carbons (Fsp3) is 0.857. The normalized spacial score (nSPS) is 20.1. The van der Waals surface area contributed by atoms with Gasteiger partial charge in [0.25, 0.3) is 0 Å². The maximum absolute atomic E-state index is 10.8. The number of carbonyl (C=O) groups is 1. The van der Waals surface area contributed by atoms with E-state index in [0.29, 0.717) is 5.25 Å². The van der Waals surface area contributed by atoms with Gasteiger partial charge in [0.15, 0.2) is 0 Å². The molecular weight excluding hydrogens is 176 g/mol. The molecular formula is C7H14N2O2S. The van der Waals surface area contributed by atoms with Crippen LogP contribution in [0.1, 0.15) is 0 Å². The Balaban J connectivity index is 2.13. The smallest absolute Gasteiger partial charge is 0.235 e. The third kappa shape index (κ3) is 2.66. The Hall–Kier alpha value is -0.260. The molecule has 3 N–H and O–H groups in total. The minimum Gasteiger partial charge on any atom is -0.379 e. The van der Waals surface area contributed by atoms with Crippen LogP contribution in [0, 0.1) is 0 Å². The number of rotatable bonds is 5. The molecule has 1 heterocycles. The second kappa shape index (κ2) is 4.69. The summed E-state index contributed by atoms with van der Waals surface area (Å²) < 4.78 is 5.00. The summed E-state index contributed by atoms with van der Waals surface area (Å²) in [6, 6.07) is -0.212. The molecule has 0 aliphatic carbocycles. The quantitative estimate of drug-likeness (QED) is 0.595. The molecule has 1 fully saturated rings. The van der Waals surface area contributed by atoms with Gasteiger partial charge < -0.3 is 15.8 Å². The van der Waals surface area contributed by atoms with Crippen molar-refractivity contribution in [2.45, 2.75) is 11.3 Å². The number of hydrogen-bond donors (Lipinski definition) is 2. The van der Waals surface area contributed by atoms with E-state index in [1.807, 2.05) is 0 Å². The standard InChI is InChI=1S/C7H14N2O2S/c1-9-6(7(8)10)4-12-5-2-11-3-5/h5-6,9H,2-4H2,1H3,(H2,8,10). The lowest BCUT2D eigenvalue weighted by Gasteiger charge is -2.26. The molecule has 0 bridgehead atoms. The van der Waals surface area contributed by atoms with Gasteiger partial charge in [0.1, 0.15) is 0 Å². The van der Waals surface area contributed by atoms with Crippen molar-refractivity contribution in [2.24, 2.45) is 5.73 Å². The first-order valence-electron chi connectivity index (χ1n) is 3.90. The van der Waals surface area contributed by atoms with Gasteiger partial charge in [0, 0.05) is 5.75 Å². The first kappa shape index (κ1) is 9.83. The van der Waals surface area contributed by atoms with Crippen molar-refractivity contribution in [2.75, 3.05) is 26.0 Å². The fourth-order valence-electron chi connectivity index (χ4n) is 0.850. The van der Waals surface area contributed by atoms with Gasteiger partial charge in [0.2, 0.25) is 5.91 Å². The van der Waals surface area contributed by atoms with Crippen LogP contribution in [0.2, 0.25) is 0 Å². The fourth-order valence-corrected chi connectivity index (χ4v) is 2.03. The van der Waals surface area contributed by atoms with Gasteiger partial charge in [-0.15, -0.1) is 0 Å². The van der Waals surface area contributed by atoms with Crippen molar-refractivity contribution < 1.29 is 9.53 Å². The van der Waals surface area contributed by atoms with Crippen LogP contribution in [-0.2, 0) is 9.53 Å². The third-order valence-electron chi connectivity index (χ3n) is 1.80. The monoisotopic (exact) mass is 190 g/mol. The van der Waals surface area contributed by atoms with Crippen LogP contribution in [0.25, 0.3) is 0 Å². The molecule has 12 heavy (non-hydrogen) atoms.